The molecule has 0 saturated heterocycles. The zero-order chi connectivity index (χ0) is 15.3. The minimum absolute atomic E-state index is 0.408. The number of nitrogens with zero attached hydrogens (tertiary/aromatic N) is 1. The summed E-state index contributed by atoms with van der Waals surface area (Å²) < 4.78 is 6.00. The molecule has 0 spiro atoms. The Bertz CT molecular complexity index is 580. The van der Waals surface area contributed by atoms with Gasteiger partial charge in [0.05, 0.1) is 33.4 Å². The quantitative estimate of drug-likeness (QED) is 0.794. The number of rotatable bonds is 7. The van der Waals surface area contributed by atoms with Gasteiger partial charge in [-0.25, -0.2) is 0 Å². The van der Waals surface area contributed by atoms with Crippen LogP contribution in [0.25, 0.3) is 10.8 Å². The molecular weight excluding hydrogens is 262 g/mol. The number of ether oxygens (including phenoxy) is 1. The molecule has 0 aliphatic rings. The lowest BCUT2D eigenvalue weighted by Crippen LogP contribution is -2.43. The van der Waals surface area contributed by atoms with Crippen molar-refractivity contribution in [3.63, 3.8) is 0 Å². The standard InChI is InChI=1S/C18H26NO2/c1-19(2,12-13-21-3)11-10-18(20)17-9-8-15-6-4-5-7-16(15)14-17/h4-9,14,18,20H,10-13H2,1-3H3/q+1. The highest BCUT2D eigenvalue weighted by molar-refractivity contribution is 5.83. The molecule has 1 unspecified atom stereocenters. The number of fused-ring (bicyclic) bond motifs is 1. The van der Waals surface area contributed by atoms with Crippen LogP contribution < -0.4 is 0 Å². The van der Waals surface area contributed by atoms with E-state index in [2.05, 4.69) is 38.4 Å². The zero-order valence-corrected chi connectivity index (χ0v) is 13.2. The summed E-state index contributed by atoms with van der Waals surface area (Å²) in [4.78, 5) is 0. The number of likely N-dealkylation sites (N-methyl/N-ethyl adjacent to an activating group) is 1. The van der Waals surface area contributed by atoms with Gasteiger partial charge in [0.25, 0.3) is 0 Å². The summed E-state index contributed by atoms with van der Waals surface area (Å²) in [7, 11) is 6.07. The molecule has 0 radical (unpaired) electrons. The second kappa shape index (κ2) is 7.03. The molecule has 0 aromatic heterocycles. The van der Waals surface area contributed by atoms with E-state index in [4.69, 9.17) is 4.74 Å². The highest BCUT2D eigenvalue weighted by Crippen LogP contribution is 2.23. The fourth-order valence-electron chi connectivity index (χ4n) is 2.50. The maximum absolute atomic E-state index is 10.4. The topological polar surface area (TPSA) is 29.5 Å². The Balaban J connectivity index is 2.00. The van der Waals surface area contributed by atoms with Crippen LogP contribution in [0.3, 0.4) is 0 Å². The van der Waals surface area contributed by atoms with E-state index >= 15 is 0 Å². The third-order valence-corrected chi connectivity index (χ3v) is 4.07. The minimum atomic E-state index is -0.408. The summed E-state index contributed by atoms with van der Waals surface area (Å²) in [5.74, 6) is 0. The second-order valence-electron chi connectivity index (χ2n) is 6.29. The maximum atomic E-state index is 10.4. The fourth-order valence-corrected chi connectivity index (χ4v) is 2.50. The number of methoxy groups -OCH3 is 1. The van der Waals surface area contributed by atoms with Crippen molar-refractivity contribution in [2.24, 2.45) is 0 Å². The van der Waals surface area contributed by atoms with Gasteiger partial charge in [0.15, 0.2) is 0 Å². The highest BCUT2D eigenvalue weighted by atomic mass is 16.5. The molecule has 0 saturated carbocycles. The Labute approximate surface area is 127 Å². The van der Waals surface area contributed by atoms with Gasteiger partial charge in [0.2, 0.25) is 0 Å². The fraction of sp³-hybridized carbons (Fsp3) is 0.444. The number of hydrogen-bond acceptors (Lipinski definition) is 2. The molecule has 0 heterocycles. The molecule has 114 valence electrons. The Morgan fingerprint density at radius 3 is 2.48 bits per heavy atom. The molecule has 1 atom stereocenters. The molecule has 0 fully saturated rings. The summed E-state index contributed by atoms with van der Waals surface area (Å²) in [5.41, 5.74) is 1.00. The Kier molecular flexibility index (Phi) is 5.34. The van der Waals surface area contributed by atoms with Crippen molar-refractivity contribution in [3.05, 3.63) is 48.0 Å². The average molecular weight is 288 g/mol. The van der Waals surface area contributed by atoms with Crippen molar-refractivity contribution < 1.29 is 14.3 Å². The van der Waals surface area contributed by atoms with Crippen molar-refractivity contribution in [2.45, 2.75) is 12.5 Å². The molecule has 1 N–H and O–H groups in total. The van der Waals surface area contributed by atoms with Gasteiger partial charge in [-0.1, -0.05) is 36.4 Å². The minimum Gasteiger partial charge on any atom is -0.388 e. The van der Waals surface area contributed by atoms with E-state index in [1.165, 1.54) is 10.8 Å². The van der Waals surface area contributed by atoms with Crippen molar-refractivity contribution in [2.75, 3.05) is 40.9 Å². The van der Waals surface area contributed by atoms with Crippen molar-refractivity contribution in [1.82, 2.24) is 0 Å². The normalized spacial score (nSPS) is 13.5. The summed E-state index contributed by atoms with van der Waals surface area (Å²) in [6, 6.07) is 14.5. The first kappa shape index (κ1) is 16.0. The van der Waals surface area contributed by atoms with E-state index < -0.39 is 6.10 Å². The van der Waals surface area contributed by atoms with Crippen LogP contribution >= 0.6 is 0 Å². The van der Waals surface area contributed by atoms with Gasteiger partial charge in [0.1, 0.15) is 6.54 Å². The molecule has 3 nitrogen and oxygen atoms in total. The number of quaternary nitrogens is 1. The van der Waals surface area contributed by atoms with Gasteiger partial charge in [-0.05, 0) is 22.4 Å². The first-order chi connectivity index (χ1) is 10.0. The SMILES string of the molecule is COCC[N+](C)(C)CCC(O)c1ccc2ccccc2c1. The summed E-state index contributed by atoms with van der Waals surface area (Å²) in [6.07, 6.45) is 0.351. The van der Waals surface area contributed by atoms with Crippen LogP contribution in [0.15, 0.2) is 42.5 Å². The van der Waals surface area contributed by atoms with Gasteiger partial charge >= 0.3 is 0 Å². The van der Waals surface area contributed by atoms with E-state index in [1.807, 2.05) is 18.2 Å². The van der Waals surface area contributed by atoms with E-state index in [-0.39, 0.29) is 0 Å². The van der Waals surface area contributed by atoms with E-state index in [0.29, 0.717) is 0 Å². The van der Waals surface area contributed by atoms with E-state index in [1.54, 1.807) is 7.11 Å². The van der Waals surface area contributed by atoms with Crippen LogP contribution in [0.1, 0.15) is 18.1 Å². The largest absolute Gasteiger partial charge is 0.388 e. The van der Waals surface area contributed by atoms with Crippen LogP contribution in [0, 0.1) is 0 Å². The zero-order valence-electron chi connectivity index (χ0n) is 13.2. The monoisotopic (exact) mass is 288 g/mol. The van der Waals surface area contributed by atoms with Gasteiger partial charge in [-0.15, -0.1) is 0 Å². The molecule has 21 heavy (non-hydrogen) atoms. The van der Waals surface area contributed by atoms with Crippen LogP contribution in [0.2, 0.25) is 0 Å². The predicted molar refractivity (Wildman–Crippen MR) is 87.2 cm³/mol. The summed E-state index contributed by atoms with van der Waals surface area (Å²) >= 11 is 0. The lowest BCUT2D eigenvalue weighted by atomic mass is 10.0. The van der Waals surface area contributed by atoms with Crippen LogP contribution in [0.5, 0.6) is 0 Å². The first-order valence-electron chi connectivity index (χ1n) is 7.49. The molecular formula is C18H26NO2+. The Morgan fingerprint density at radius 1 is 1.05 bits per heavy atom. The highest BCUT2D eigenvalue weighted by Gasteiger charge is 2.18. The Hall–Kier alpha value is -1.42. The van der Waals surface area contributed by atoms with Gasteiger partial charge in [-0.3, -0.25) is 0 Å². The molecule has 0 aliphatic heterocycles. The van der Waals surface area contributed by atoms with Crippen molar-refractivity contribution in [3.8, 4) is 0 Å². The van der Waals surface area contributed by atoms with Crippen molar-refractivity contribution >= 4 is 10.8 Å². The average Bonchev–Trinajstić information content (AvgIpc) is 2.50. The molecule has 0 amide bonds. The van der Waals surface area contributed by atoms with Gasteiger partial charge in [-0.2, -0.15) is 0 Å². The summed E-state index contributed by atoms with van der Waals surface area (Å²) in [5, 5.41) is 12.8. The van der Waals surface area contributed by atoms with Crippen LogP contribution in [-0.4, -0.2) is 50.5 Å². The van der Waals surface area contributed by atoms with Crippen molar-refractivity contribution in [1.29, 1.82) is 0 Å². The number of aliphatic hydroxyl groups is 1. The molecule has 2 aromatic rings. The van der Waals surface area contributed by atoms with E-state index in [0.717, 1.165) is 36.2 Å². The third-order valence-electron chi connectivity index (χ3n) is 4.07. The predicted octanol–water partition coefficient (Wildman–Crippen LogP) is 2.99. The Morgan fingerprint density at radius 2 is 1.76 bits per heavy atom. The lowest BCUT2D eigenvalue weighted by Gasteiger charge is -2.30. The smallest absolute Gasteiger partial charge is 0.102 e. The third kappa shape index (κ3) is 4.53. The van der Waals surface area contributed by atoms with Crippen LogP contribution in [0.4, 0.5) is 0 Å². The summed E-state index contributed by atoms with van der Waals surface area (Å²) in [6.45, 7) is 2.64. The molecule has 0 bridgehead atoms. The van der Waals surface area contributed by atoms with Gasteiger partial charge in [0, 0.05) is 13.5 Å². The first-order valence-corrected chi connectivity index (χ1v) is 7.49. The van der Waals surface area contributed by atoms with Gasteiger partial charge < -0.3 is 14.3 Å². The molecule has 2 rings (SSSR count). The van der Waals surface area contributed by atoms with E-state index in [9.17, 15) is 5.11 Å². The van der Waals surface area contributed by atoms with Crippen LogP contribution in [-0.2, 0) is 4.74 Å². The number of aliphatic hydroxyl groups excluding tert-OH is 1. The lowest BCUT2D eigenvalue weighted by molar-refractivity contribution is -0.891. The maximum Gasteiger partial charge on any atom is 0.102 e. The number of benzene rings is 2. The number of hydrogen-bond donors (Lipinski definition) is 1. The molecule has 3 heteroatoms. The molecule has 0 aliphatic carbocycles. The molecule has 2 aromatic carbocycles. The second-order valence-corrected chi connectivity index (χ2v) is 6.29.